The summed E-state index contributed by atoms with van der Waals surface area (Å²) in [4.78, 5) is 18.8. The Balaban J connectivity index is 1.32. The summed E-state index contributed by atoms with van der Waals surface area (Å²) in [5, 5.41) is 10.9. The number of carbonyl (C=O) groups is 1. The Morgan fingerprint density at radius 2 is 2.03 bits per heavy atom. The van der Waals surface area contributed by atoms with E-state index < -0.39 is 0 Å². The average molecular weight is 419 g/mol. The van der Waals surface area contributed by atoms with E-state index in [2.05, 4.69) is 46.3 Å². The number of amides is 1. The molecule has 1 atom stereocenters. The number of benzene rings is 1. The molecule has 0 bridgehead atoms. The summed E-state index contributed by atoms with van der Waals surface area (Å²) in [5.74, 6) is 1.12. The first-order valence-corrected chi connectivity index (χ1v) is 11.6. The third-order valence-electron chi connectivity index (χ3n) is 6.14. The van der Waals surface area contributed by atoms with Crippen LogP contribution >= 0.6 is 11.3 Å². The van der Waals surface area contributed by atoms with E-state index in [9.17, 15) is 4.79 Å². The lowest BCUT2D eigenvalue weighted by molar-refractivity contribution is -0.122. The molecular formula is C24H26N4OS. The van der Waals surface area contributed by atoms with Gasteiger partial charge in [0.1, 0.15) is 5.69 Å². The number of carbonyl (C=O) groups excluding carboxylic acids is 1. The van der Waals surface area contributed by atoms with Crippen molar-refractivity contribution >= 4 is 28.7 Å². The predicted octanol–water partition coefficient (Wildman–Crippen LogP) is 4.71. The summed E-state index contributed by atoms with van der Waals surface area (Å²) in [5.41, 5.74) is 4.57. The second-order valence-electron chi connectivity index (χ2n) is 8.26. The average Bonchev–Trinajstić information content (AvgIpc) is 3.33. The minimum absolute atomic E-state index is 0.00442. The first kappa shape index (κ1) is 19.2. The minimum Gasteiger partial charge on any atom is -0.354 e. The molecule has 0 radical (unpaired) electrons. The van der Waals surface area contributed by atoms with Gasteiger partial charge in [0.25, 0.3) is 0 Å². The topological polar surface area (TPSA) is 49.3 Å². The molecular weight excluding hydrogens is 392 g/mol. The van der Waals surface area contributed by atoms with E-state index in [-0.39, 0.29) is 11.8 Å². The number of piperidine rings is 1. The molecule has 154 valence electrons. The largest absolute Gasteiger partial charge is 0.354 e. The Labute approximate surface area is 181 Å². The van der Waals surface area contributed by atoms with Crippen LogP contribution in [0.3, 0.4) is 0 Å². The molecule has 1 amide bonds. The lowest BCUT2D eigenvalue weighted by Crippen LogP contribution is -2.46. The summed E-state index contributed by atoms with van der Waals surface area (Å²) in [7, 11) is 0. The first-order chi connectivity index (χ1) is 14.7. The van der Waals surface area contributed by atoms with Crippen molar-refractivity contribution < 1.29 is 4.79 Å². The standard InChI is InChI=1S/C24H26N4OS/c1-17-8-10-21-18(15-17)5-3-13-28(21)24(29)19-6-2-12-27(16-19)23-11-9-20(25-26-23)22-7-4-14-30-22/h4,7-11,14-15,19H,2-3,5-6,12-13,16H2,1H3. The van der Waals surface area contributed by atoms with Gasteiger partial charge in [-0.2, -0.15) is 0 Å². The molecule has 4 heterocycles. The normalized spacial score (nSPS) is 18.9. The Kier molecular flexibility index (Phi) is 5.25. The van der Waals surface area contributed by atoms with Crippen LogP contribution in [0, 0.1) is 12.8 Å². The van der Waals surface area contributed by atoms with Gasteiger partial charge in [0, 0.05) is 25.3 Å². The van der Waals surface area contributed by atoms with Crippen LogP contribution in [-0.2, 0) is 11.2 Å². The molecule has 1 unspecified atom stereocenters. The van der Waals surface area contributed by atoms with Gasteiger partial charge in [-0.05, 0) is 67.8 Å². The van der Waals surface area contributed by atoms with E-state index in [0.717, 1.165) is 60.8 Å². The van der Waals surface area contributed by atoms with Crippen molar-refractivity contribution in [3.8, 4) is 10.6 Å². The van der Waals surface area contributed by atoms with Crippen molar-refractivity contribution in [2.24, 2.45) is 5.92 Å². The van der Waals surface area contributed by atoms with Gasteiger partial charge in [0.2, 0.25) is 5.91 Å². The van der Waals surface area contributed by atoms with Crippen molar-refractivity contribution in [3.05, 3.63) is 59.0 Å². The molecule has 1 fully saturated rings. The number of rotatable bonds is 3. The number of hydrogen-bond acceptors (Lipinski definition) is 5. The molecule has 5 nitrogen and oxygen atoms in total. The smallest absolute Gasteiger partial charge is 0.231 e. The lowest BCUT2D eigenvalue weighted by Gasteiger charge is -2.37. The Morgan fingerprint density at radius 1 is 1.10 bits per heavy atom. The van der Waals surface area contributed by atoms with Gasteiger partial charge >= 0.3 is 0 Å². The van der Waals surface area contributed by atoms with E-state index in [1.165, 1.54) is 11.1 Å². The number of aryl methyl sites for hydroxylation is 2. The number of hydrogen-bond donors (Lipinski definition) is 0. The fraction of sp³-hybridized carbons (Fsp3) is 0.375. The number of nitrogens with zero attached hydrogens (tertiary/aromatic N) is 4. The van der Waals surface area contributed by atoms with Crippen molar-refractivity contribution in [2.45, 2.75) is 32.6 Å². The van der Waals surface area contributed by atoms with E-state index in [0.29, 0.717) is 6.54 Å². The maximum absolute atomic E-state index is 13.5. The van der Waals surface area contributed by atoms with Gasteiger partial charge < -0.3 is 9.80 Å². The predicted molar refractivity (Wildman–Crippen MR) is 122 cm³/mol. The Hall–Kier alpha value is -2.73. The minimum atomic E-state index is 0.00442. The van der Waals surface area contributed by atoms with Gasteiger partial charge in [0.15, 0.2) is 5.82 Å². The van der Waals surface area contributed by atoms with Crippen LogP contribution in [0.25, 0.3) is 10.6 Å². The Bertz CT molecular complexity index is 1030. The third kappa shape index (κ3) is 3.72. The third-order valence-corrected chi connectivity index (χ3v) is 7.03. The zero-order chi connectivity index (χ0) is 20.5. The summed E-state index contributed by atoms with van der Waals surface area (Å²) in [6.07, 6.45) is 4.03. The Morgan fingerprint density at radius 3 is 2.83 bits per heavy atom. The number of thiophene rings is 1. The molecule has 30 heavy (non-hydrogen) atoms. The zero-order valence-electron chi connectivity index (χ0n) is 17.3. The summed E-state index contributed by atoms with van der Waals surface area (Å²) >= 11 is 1.67. The van der Waals surface area contributed by atoms with Gasteiger partial charge in [0.05, 0.1) is 10.8 Å². The highest BCUT2D eigenvalue weighted by Crippen LogP contribution is 2.32. The number of anilines is 2. The quantitative estimate of drug-likeness (QED) is 0.618. The molecule has 1 saturated heterocycles. The number of aromatic nitrogens is 2. The second-order valence-corrected chi connectivity index (χ2v) is 9.21. The van der Waals surface area contributed by atoms with Crippen molar-refractivity contribution in [3.63, 3.8) is 0 Å². The molecule has 2 aliphatic heterocycles. The molecule has 2 aromatic heterocycles. The fourth-order valence-electron chi connectivity index (χ4n) is 4.61. The van der Waals surface area contributed by atoms with Crippen LogP contribution in [0.2, 0.25) is 0 Å². The van der Waals surface area contributed by atoms with Crippen molar-refractivity contribution in [2.75, 3.05) is 29.4 Å². The van der Waals surface area contributed by atoms with Crippen LogP contribution in [-0.4, -0.2) is 35.7 Å². The molecule has 6 heteroatoms. The van der Waals surface area contributed by atoms with Crippen LogP contribution in [0.5, 0.6) is 0 Å². The highest BCUT2D eigenvalue weighted by Gasteiger charge is 2.32. The monoisotopic (exact) mass is 418 g/mol. The highest BCUT2D eigenvalue weighted by molar-refractivity contribution is 7.13. The summed E-state index contributed by atoms with van der Waals surface area (Å²) in [6.45, 7) is 4.57. The lowest BCUT2D eigenvalue weighted by atomic mass is 9.93. The maximum Gasteiger partial charge on any atom is 0.231 e. The van der Waals surface area contributed by atoms with E-state index in [4.69, 9.17) is 0 Å². The molecule has 5 rings (SSSR count). The summed E-state index contributed by atoms with van der Waals surface area (Å²) < 4.78 is 0. The van der Waals surface area contributed by atoms with Gasteiger partial charge in [-0.3, -0.25) is 4.79 Å². The van der Waals surface area contributed by atoms with E-state index in [1.807, 2.05) is 28.5 Å². The second kappa shape index (κ2) is 8.19. The molecule has 0 N–H and O–H groups in total. The van der Waals surface area contributed by atoms with Crippen LogP contribution in [0.15, 0.2) is 47.8 Å². The molecule has 0 spiro atoms. The molecule has 1 aromatic carbocycles. The van der Waals surface area contributed by atoms with Gasteiger partial charge in [-0.15, -0.1) is 21.5 Å². The van der Waals surface area contributed by atoms with Crippen LogP contribution < -0.4 is 9.80 Å². The molecule has 0 saturated carbocycles. The molecule has 3 aromatic rings. The highest BCUT2D eigenvalue weighted by atomic mass is 32.1. The SMILES string of the molecule is Cc1ccc2c(c1)CCCN2C(=O)C1CCCN(c2ccc(-c3cccs3)nn2)C1. The van der Waals surface area contributed by atoms with Gasteiger partial charge in [-0.25, -0.2) is 0 Å². The van der Waals surface area contributed by atoms with Crippen LogP contribution in [0.4, 0.5) is 11.5 Å². The van der Waals surface area contributed by atoms with E-state index in [1.54, 1.807) is 11.3 Å². The molecule has 0 aliphatic carbocycles. The van der Waals surface area contributed by atoms with Crippen molar-refractivity contribution in [1.82, 2.24) is 10.2 Å². The first-order valence-electron chi connectivity index (χ1n) is 10.7. The molecule has 2 aliphatic rings. The van der Waals surface area contributed by atoms with Crippen LogP contribution in [0.1, 0.15) is 30.4 Å². The maximum atomic E-state index is 13.5. The van der Waals surface area contributed by atoms with Gasteiger partial charge in [-0.1, -0.05) is 23.8 Å². The zero-order valence-corrected chi connectivity index (χ0v) is 18.1. The fourth-order valence-corrected chi connectivity index (χ4v) is 5.30. The number of fused-ring (bicyclic) bond motifs is 1. The van der Waals surface area contributed by atoms with Crippen molar-refractivity contribution in [1.29, 1.82) is 0 Å². The van der Waals surface area contributed by atoms with E-state index >= 15 is 0 Å². The summed E-state index contributed by atoms with van der Waals surface area (Å²) in [6, 6.07) is 14.6.